The molecule has 0 spiro atoms. The fraction of sp³-hybridized carbons (Fsp3) is 0.500. The van der Waals surface area contributed by atoms with E-state index in [4.69, 9.17) is 0 Å². The third-order valence-electron chi connectivity index (χ3n) is 3.56. The number of carbonyl (C=O) groups excluding carboxylic acids is 1. The minimum Gasteiger partial charge on any atom is -0.387 e. The molecule has 3 N–H and O–H groups in total. The van der Waals surface area contributed by atoms with Crippen molar-refractivity contribution in [2.24, 2.45) is 5.41 Å². The molecule has 1 aliphatic rings. The van der Waals surface area contributed by atoms with Gasteiger partial charge in [-0.05, 0) is 25.5 Å². The average molecular weight is 248 g/mol. The van der Waals surface area contributed by atoms with Gasteiger partial charge in [0, 0.05) is 13.1 Å². The summed E-state index contributed by atoms with van der Waals surface area (Å²) in [5.41, 5.74) is 0.489. The molecule has 1 aromatic carbocycles. The molecular formula is C14H20N2O2. The smallest absolute Gasteiger partial charge is 0.227 e. The standard InChI is InChI=1S/C14H20N2O2/c1-14(7-8-15-10-14)13(18)16-9-12(17)11-5-3-2-4-6-11/h2-6,12,15,17H,7-10H2,1H3,(H,16,18). The van der Waals surface area contributed by atoms with Crippen molar-refractivity contribution in [3.63, 3.8) is 0 Å². The number of rotatable bonds is 4. The molecule has 2 rings (SSSR count). The van der Waals surface area contributed by atoms with Crippen LogP contribution in [0.5, 0.6) is 0 Å². The van der Waals surface area contributed by atoms with Crippen LogP contribution in [0.1, 0.15) is 25.0 Å². The van der Waals surface area contributed by atoms with Gasteiger partial charge in [-0.2, -0.15) is 0 Å². The van der Waals surface area contributed by atoms with Crippen molar-refractivity contribution in [3.05, 3.63) is 35.9 Å². The molecule has 4 nitrogen and oxygen atoms in total. The Kier molecular flexibility index (Phi) is 3.99. The molecule has 1 saturated heterocycles. The third kappa shape index (κ3) is 2.89. The number of carbonyl (C=O) groups is 1. The molecule has 98 valence electrons. The highest BCUT2D eigenvalue weighted by Gasteiger charge is 2.36. The van der Waals surface area contributed by atoms with Crippen LogP contribution in [0.3, 0.4) is 0 Å². The Bertz CT molecular complexity index is 400. The number of aliphatic hydroxyl groups is 1. The zero-order valence-electron chi connectivity index (χ0n) is 10.6. The predicted octanol–water partition coefficient (Wildman–Crippen LogP) is 0.836. The zero-order chi connectivity index (χ0) is 13.0. The van der Waals surface area contributed by atoms with E-state index in [1.807, 2.05) is 37.3 Å². The van der Waals surface area contributed by atoms with Gasteiger partial charge < -0.3 is 15.7 Å². The molecule has 1 heterocycles. The predicted molar refractivity (Wildman–Crippen MR) is 70.0 cm³/mol. The van der Waals surface area contributed by atoms with Crippen LogP contribution in [0, 0.1) is 5.41 Å². The highest BCUT2D eigenvalue weighted by Crippen LogP contribution is 2.24. The van der Waals surface area contributed by atoms with Gasteiger partial charge in [-0.15, -0.1) is 0 Å². The van der Waals surface area contributed by atoms with E-state index < -0.39 is 6.10 Å². The summed E-state index contributed by atoms with van der Waals surface area (Å²) in [7, 11) is 0. The minimum absolute atomic E-state index is 0.0162. The van der Waals surface area contributed by atoms with Crippen LogP contribution in [0.25, 0.3) is 0 Å². The molecule has 0 aliphatic carbocycles. The van der Waals surface area contributed by atoms with Crippen LogP contribution < -0.4 is 10.6 Å². The summed E-state index contributed by atoms with van der Waals surface area (Å²) in [4.78, 5) is 12.0. The Balaban J connectivity index is 1.86. The molecule has 1 aliphatic heterocycles. The van der Waals surface area contributed by atoms with Crippen LogP contribution in [-0.2, 0) is 4.79 Å². The van der Waals surface area contributed by atoms with Gasteiger partial charge in [0.2, 0.25) is 5.91 Å². The van der Waals surface area contributed by atoms with E-state index in [9.17, 15) is 9.90 Å². The Morgan fingerprint density at radius 1 is 1.50 bits per heavy atom. The fourth-order valence-corrected chi connectivity index (χ4v) is 2.21. The van der Waals surface area contributed by atoms with E-state index in [-0.39, 0.29) is 17.9 Å². The number of hydrogen-bond donors (Lipinski definition) is 3. The lowest BCUT2D eigenvalue weighted by molar-refractivity contribution is -0.129. The van der Waals surface area contributed by atoms with Crippen molar-refractivity contribution < 1.29 is 9.90 Å². The zero-order valence-corrected chi connectivity index (χ0v) is 10.6. The average Bonchev–Trinajstić information content (AvgIpc) is 2.85. The molecule has 2 atom stereocenters. The highest BCUT2D eigenvalue weighted by atomic mass is 16.3. The molecule has 18 heavy (non-hydrogen) atoms. The first-order chi connectivity index (χ1) is 8.62. The number of aliphatic hydroxyl groups excluding tert-OH is 1. The van der Waals surface area contributed by atoms with Crippen LogP contribution in [0.15, 0.2) is 30.3 Å². The van der Waals surface area contributed by atoms with Crippen molar-refractivity contribution in [1.82, 2.24) is 10.6 Å². The van der Waals surface area contributed by atoms with Crippen molar-refractivity contribution >= 4 is 5.91 Å². The van der Waals surface area contributed by atoms with Crippen LogP contribution in [0.2, 0.25) is 0 Å². The number of amides is 1. The van der Waals surface area contributed by atoms with Gasteiger partial charge in [0.1, 0.15) is 0 Å². The lowest BCUT2D eigenvalue weighted by Crippen LogP contribution is -2.41. The van der Waals surface area contributed by atoms with Crippen molar-refractivity contribution in [1.29, 1.82) is 0 Å². The molecule has 2 unspecified atom stereocenters. The van der Waals surface area contributed by atoms with Gasteiger partial charge in [0.25, 0.3) is 0 Å². The van der Waals surface area contributed by atoms with Crippen molar-refractivity contribution in [3.8, 4) is 0 Å². The Morgan fingerprint density at radius 2 is 2.22 bits per heavy atom. The van der Waals surface area contributed by atoms with Crippen LogP contribution in [-0.4, -0.2) is 30.6 Å². The molecule has 0 saturated carbocycles. The maximum atomic E-state index is 12.0. The first-order valence-corrected chi connectivity index (χ1v) is 6.34. The van der Waals surface area contributed by atoms with E-state index in [0.717, 1.165) is 18.5 Å². The number of nitrogens with one attached hydrogen (secondary N) is 2. The van der Waals surface area contributed by atoms with Gasteiger partial charge in [-0.25, -0.2) is 0 Å². The van der Waals surface area contributed by atoms with Crippen LogP contribution >= 0.6 is 0 Å². The summed E-state index contributed by atoms with van der Waals surface area (Å²) in [6, 6.07) is 9.37. The second-order valence-corrected chi connectivity index (χ2v) is 5.12. The molecule has 0 bridgehead atoms. The summed E-state index contributed by atoms with van der Waals surface area (Å²) >= 11 is 0. The summed E-state index contributed by atoms with van der Waals surface area (Å²) in [6.45, 7) is 3.81. The minimum atomic E-state index is -0.645. The molecule has 0 aromatic heterocycles. The highest BCUT2D eigenvalue weighted by molar-refractivity contribution is 5.82. The number of hydrogen-bond acceptors (Lipinski definition) is 3. The molecule has 0 radical (unpaired) electrons. The monoisotopic (exact) mass is 248 g/mol. The summed E-state index contributed by atoms with van der Waals surface area (Å²) in [6.07, 6.45) is 0.202. The van der Waals surface area contributed by atoms with Gasteiger partial charge in [-0.1, -0.05) is 30.3 Å². The summed E-state index contributed by atoms with van der Waals surface area (Å²) in [5.74, 6) is 0.0162. The third-order valence-corrected chi connectivity index (χ3v) is 3.56. The van der Waals surface area contributed by atoms with Crippen LogP contribution in [0.4, 0.5) is 0 Å². The van der Waals surface area contributed by atoms with Gasteiger partial charge in [0.05, 0.1) is 11.5 Å². The molecule has 1 fully saturated rings. The SMILES string of the molecule is CC1(C(=O)NCC(O)c2ccccc2)CCNC1. The van der Waals surface area contributed by atoms with E-state index in [2.05, 4.69) is 10.6 Å². The van der Waals surface area contributed by atoms with Crippen molar-refractivity contribution in [2.75, 3.05) is 19.6 Å². The maximum Gasteiger partial charge on any atom is 0.227 e. The normalized spacial score (nSPS) is 24.8. The topological polar surface area (TPSA) is 61.4 Å². The Labute approximate surface area is 107 Å². The lowest BCUT2D eigenvalue weighted by Gasteiger charge is -2.22. The molecule has 1 amide bonds. The molecule has 1 aromatic rings. The first-order valence-electron chi connectivity index (χ1n) is 6.34. The van der Waals surface area contributed by atoms with Gasteiger partial charge in [0.15, 0.2) is 0 Å². The largest absolute Gasteiger partial charge is 0.387 e. The van der Waals surface area contributed by atoms with E-state index in [1.54, 1.807) is 0 Å². The van der Waals surface area contributed by atoms with Crippen molar-refractivity contribution in [2.45, 2.75) is 19.4 Å². The van der Waals surface area contributed by atoms with E-state index in [0.29, 0.717) is 6.54 Å². The summed E-state index contributed by atoms with van der Waals surface area (Å²) in [5, 5.41) is 16.0. The summed E-state index contributed by atoms with van der Waals surface area (Å²) < 4.78 is 0. The van der Waals surface area contributed by atoms with E-state index in [1.165, 1.54) is 0 Å². The maximum absolute atomic E-state index is 12.0. The lowest BCUT2D eigenvalue weighted by atomic mass is 9.89. The molecule has 4 heteroatoms. The molecular weight excluding hydrogens is 228 g/mol. The Morgan fingerprint density at radius 3 is 2.83 bits per heavy atom. The van der Waals surface area contributed by atoms with Gasteiger partial charge in [-0.3, -0.25) is 4.79 Å². The van der Waals surface area contributed by atoms with Gasteiger partial charge >= 0.3 is 0 Å². The second-order valence-electron chi connectivity index (χ2n) is 5.12. The number of benzene rings is 1. The fourth-order valence-electron chi connectivity index (χ4n) is 2.21. The first kappa shape index (κ1) is 13.1. The Hall–Kier alpha value is -1.39. The van der Waals surface area contributed by atoms with E-state index >= 15 is 0 Å². The quantitative estimate of drug-likeness (QED) is 0.740. The second kappa shape index (κ2) is 5.50.